The molecule has 0 bridgehead atoms. The van der Waals surface area contributed by atoms with Gasteiger partial charge >= 0.3 is 6.09 Å². The van der Waals surface area contributed by atoms with Crippen LogP contribution in [0.2, 0.25) is 0 Å². The molecule has 0 aliphatic carbocycles. The highest BCUT2D eigenvalue weighted by atomic mass is 16.6. The predicted molar refractivity (Wildman–Crippen MR) is 79.9 cm³/mol. The predicted octanol–water partition coefficient (Wildman–Crippen LogP) is 2.26. The number of hydrogen-bond donors (Lipinski definition) is 1. The van der Waals surface area contributed by atoms with Crippen molar-refractivity contribution in [1.29, 1.82) is 0 Å². The molecule has 0 radical (unpaired) electrons. The molecule has 1 heterocycles. The van der Waals surface area contributed by atoms with Crippen molar-refractivity contribution in [1.82, 2.24) is 10.2 Å². The van der Waals surface area contributed by atoms with Crippen molar-refractivity contribution in [2.75, 3.05) is 32.8 Å². The lowest BCUT2D eigenvalue weighted by Gasteiger charge is -2.36. The molecule has 2 atom stereocenters. The van der Waals surface area contributed by atoms with Crippen LogP contribution in [0.15, 0.2) is 0 Å². The maximum absolute atomic E-state index is 12.2. The molecule has 5 nitrogen and oxygen atoms in total. The zero-order valence-corrected chi connectivity index (χ0v) is 13.6. The van der Waals surface area contributed by atoms with Gasteiger partial charge in [-0.3, -0.25) is 4.90 Å². The molecule has 118 valence electrons. The normalized spacial score (nSPS) is 21.6. The number of hydrogen-bond acceptors (Lipinski definition) is 4. The van der Waals surface area contributed by atoms with E-state index in [1.807, 2.05) is 20.8 Å². The summed E-state index contributed by atoms with van der Waals surface area (Å²) >= 11 is 0. The lowest BCUT2D eigenvalue weighted by atomic mass is 10.1. The van der Waals surface area contributed by atoms with E-state index in [9.17, 15) is 4.79 Å². The molecule has 20 heavy (non-hydrogen) atoms. The summed E-state index contributed by atoms with van der Waals surface area (Å²) < 4.78 is 10.9. The Morgan fingerprint density at radius 1 is 1.50 bits per heavy atom. The first-order chi connectivity index (χ1) is 9.33. The maximum atomic E-state index is 12.2. The summed E-state index contributed by atoms with van der Waals surface area (Å²) in [6, 6.07) is 0.0580. The molecule has 1 amide bonds. The molecule has 1 fully saturated rings. The average molecular weight is 286 g/mol. The minimum Gasteiger partial charge on any atom is -0.444 e. The van der Waals surface area contributed by atoms with Gasteiger partial charge in [-0.15, -0.1) is 0 Å². The topological polar surface area (TPSA) is 50.8 Å². The van der Waals surface area contributed by atoms with Gasteiger partial charge in [-0.1, -0.05) is 20.3 Å². The molecule has 0 saturated carbocycles. The van der Waals surface area contributed by atoms with Crippen LogP contribution in [-0.4, -0.2) is 55.5 Å². The van der Waals surface area contributed by atoms with Gasteiger partial charge in [-0.05, 0) is 33.2 Å². The molecule has 1 saturated heterocycles. The smallest absolute Gasteiger partial charge is 0.410 e. The number of amides is 1. The Balaban J connectivity index is 2.47. The molecule has 2 unspecified atom stereocenters. The van der Waals surface area contributed by atoms with Crippen LogP contribution in [0, 0.1) is 5.92 Å². The SMILES string of the molecule is CCC(C)CNCC1COCCN1C(=O)OC(C)(C)C. The Bertz CT molecular complexity index is 302. The van der Waals surface area contributed by atoms with Gasteiger partial charge < -0.3 is 14.8 Å². The van der Waals surface area contributed by atoms with Gasteiger partial charge in [0, 0.05) is 13.1 Å². The Labute approximate surface area is 123 Å². The maximum Gasteiger partial charge on any atom is 0.410 e. The Morgan fingerprint density at radius 3 is 2.80 bits per heavy atom. The Hall–Kier alpha value is -0.810. The average Bonchev–Trinajstić information content (AvgIpc) is 2.37. The molecule has 1 N–H and O–H groups in total. The highest BCUT2D eigenvalue weighted by Crippen LogP contribution is 2.14. The van der Waals surface area contributed by atoms with Crippen molar-refractivity contribution in [3.63, 3.8) is 0 Å². The van der Waals surface area contributed by atoms with Crippen LogP contribution in [0.1, 0.15) is 41.0 Å². The third kappa shape index (κ3) is 6.09. The largest absolute Gasteiger partial charge is 0.444 e. The van der Waals surface area contributed by atoms with E-state index in [1.54, 1.807) is 4.90 Å². The van der Waals surface area contributed by atoms with Crippen molar-refractivity contribution < 1.29 is 14.3 Å². The van der Waals surface area contributed by atoms with Crippen molar-refractivity contribution in [3.8, 4) is 0 Å². The number of ether oxygens (including phenoxy) is 2. The first-order valence-electron chi connectivity index (χ1n) is 7.61. The second-order valence-electron chi connectivity index (χ2n) is 6.57. The zero-order chi connectivity index (χ0) is 15.2. The Morgan fingerprint density at radius 2 is 2.20 bits per heavy atom. The summed E-state index contributed by atoms with van der Waals surface area (Å²) in [4.78, 5) is 14.0. The Kier molecular flexibility index (Phi) is 6.76. The number of carbonyl (C=O) groups excluding carboxylic acids is 1. The van der Waals surface area contributed by atoms with E-state index < -0.39 is 5.60 Å². The van der Waals surface area contributed by atoms with Crippen molar-refractivity contribution in [2.24, 2.45) is 5.92 Å². The molecule has 1 rings (SSSR count). The van der Waals surface area contributed by atoms with E-state index in [0.717, 1.165) is 19.5 Å². The van der Waals surface area contributed by atoms with Gasteiger partial charge in [0.25, 0.3) is 0 Å². The molecule has 0 aromatic rings. The second-order valence-corrected chi connectivity index (χ2v) is 6.57. The summed E-state index contributed by atoms with van der Waals surface area (Å²) in [5.41, 5.74) is -0.454. The lowest BCUT2D eigenvalue weighted by Crippen LogP contribution is -2.54. The van der Waals surface area contributed by atoms with Crippen LogP contribution in [0.25, 0.3) is 0 Å². The van der Waals surface area contributed by atoms with Crippen LogP contribution in [-0.2, 0) is 9.47 Å². The first-order valence-corrected chi connectivity index (χ1v) is 7.61. The fraction of sp³-hybridized carbons (Fsp3) is 0.933. The third-order valence-corrected chi connectivity index (χ3v) is 3.43. The summed E-state index contributed by atoms with van der Waals surface area (Å²) in [7, 11) is 0. The standard InChI is InChI=1S/C15H30N2O3/c1-6-12(2)9-16-10-13-11-19-8-7-17(13)14(18)20-15(3,4)5/h12-13,16H,6-11H2,1-5H3. The van der Waals surface area contributed by atoms with Crippen molar-refractivity contribution in [3.05, 3.63) is 0 Å². The zero-order valence-electron chi connectivity index (χ0n) is 13.6. The highest BCUT2D eigenvalue weighted by molar-refractivity contribution is 5.68. The van der Waals surface area contributed by atoms with E-state index in [-0.39, 0.29) is 12.1 Å². The van der Waals surface area contributed by atoms with E-state index >= 15 is 0 Å². The number of morpholine rings is 1. The summed E-state index contributed by atoms with van der Waals surface area (Å²) in [6.07, 6.45) is 0.917. The molecule has 1 aliphatic rings. The highest BCUT2D eigenvalue weighted by Gasteiger charge is 2.30. The van der Waals surface area contributed by atoms with Crippen LogP contribution >= 0.6 is 0 Å². The van der Waals surface area contributed by atoms with Crippen molar-refractivity contribution >= 4 is 6.09 Å². The fourth-order valence-corrected chi connectivity index (χ4v) is 2.03. The summed E-state index contributed by atoms with van der Waals surface area (Å²) in [5, 5.41) is 3.42. The van der Waals surface area contributed by atoms with Gasteiger partial charge in [0.05, 0.1) is 19.3 Å². The third-order valence-electron chi connectivity index (χ3n) is 3.43. The number of nitrogens with zero attached hydrogens (tertiary/aromatic N) is 1. The first kappa shape index (κ1) is 17.2. The van der Waals surface area contributed by atoms with Crippen LogP contribution in [0.3, 0.4) is 0 Å². The van der Waals surface area contributed by atoms with Crippen molar-refractivity contribution in [2.45, 2.75) is 52.7 Å². The van der Waals surface area contributed by atoms with Gasteiger partial charge in [0.15, 0.2) is 0 Å². The molecular weight excluding hydrogens is 256 g/mol. The molecule has 0 spiro atoms. The second kappa shape index (κ2) is 7.84. The van der Waals surface area contributed by atoms with Gasteiger partial charge in [-0.2, -0.15) is 0 Å². The lowest BCUT2D eigenvalue weighted by molar-refractivity contribution is -0.0318. The van der Waals surface area contributed by atoms with E-state index in [4.69, 9.17) is 9.47 Å². The van der Waals surface area contributed by atoms with E-state index in [1.165, 1.54) is 0 Å². The molecule has 0 aromatic heterocycles. The molecule has 1 aliphatic heterocycles. The molecule has 5 heteroatoms. The van der Waals surface area contributed by atoms with E-state index in [0.29, 0.717) is 25.7 Å². The summed E-state index contributed by atoms with van der Waals surface area (Å²) in [6.45, 7) is 13.6. The summed E-state index contributed by atoms with van der Waals surface area (Å²) in [5.74, 6) is 0.648. The molecular formula is C15H30N2O3. The monoisotopic (exact) mass is 286 g/mol. The number of carbonyl (C=O) groups is 1. The molecule has 0 aromatic carbocycles. The fourth-order valence-electron chi connectivity index (χ4n) is 2.03. The van der Waals surface area contributed by atoms with Gasteiger partial charge in [0.2, 0.25) is 0 Å². The van der Waals surface area contributed by atoms with E-state index in [2.05, 4.69) is 19.2 Å². The van der Waals surface area contributed by atoms with Crippen LogP contribution in [0.4, 0.5) is 4.79 Å². The number of rotatable bonds is 5. The number of nitrogens with one attached hydrogen (secondary N) is 1. The van der Waals surface area contributed by atoms with Crippen LogP contribution < -0.4 is 5.32 Å². The minimum atomic E-state index is -0.454. The van der Waals surface area contributed by atoms with Crippen LogP contribution in [0.5, 0.6) is 0 Å². The quantitative estimate of drug-likeness (QED) is 0.842. The minimum absolute atomic E-state index is 0.0580. The van der Waals surface area contributed by atoms with Gasteiger partial charge in [0.1, 0.15) is 5.60 Å². The van der Waals surface area contributed by atoms with Gasteiger partial charge in [-0.25, -0.2) is 4.79 Å².